The summed E-state index contributed by atoms with van der Waals surface area (Å²) in [5.74, 6) is 1.29. The lowest BCUT2D eigenvalue weighted by Gasteiger charge is -2.10. The van der Waals surface area contributed by atoms with E-state index in [4.69, 9.17) is 9.26 Å². The van der Waals surface area contributed by atoms with Gasteiger partial charge in [0.1, 0.15) is 12.4 Å². The molecule has 4 aromatic rings. The third kappa shape index (κ3) is 4.65. The van der Waals surface area contributed by atoms with Gasteiger partial charge in [-0.05, 0) is 30.3 Å². The molecule has 1 N–H and O–H groups in total. The van der Waals surface area contributed by atoms with Crippen LogP contribution in [0.25, 0.3) is 11.4 Å². The van der Waals surface area contributed by atoms with Gasteiger partial charge in [0.25, 0.3) is 5.91 Å². The van der Waals surface area contributed by atoms with Crippen LogP contribution in [0.15, 0.2) is 83.6 Å². The molecule has 0 spiro atoms. The summed E-state index contributed by atoms with van der Waals surface area (Å²) in [6.07, 6.45) is 3.31. The van der Waals surface area contributed by atoms with E-state index >= 15 is 0 Å². The van der Waals surface area contributed by atoms with E-state index in [2.05, 4.69) is 20.4 Å². The van der Waals surface area contributed by atoms with Crippen LogP contribution in [0.3, 0.4) is 0 Å². The maximum Gasteiger partial charge on any atom is 0.252 e. The van der Waals surface area contributed by atoms with E-state index in [0.717, 1.165) is 16.9 Å². The van der Waals surface area contributed by atoms with Gasteiger partial charge in [-0.2, -0.15) is 4.98 Å². The topological polar surface area (TPSA) is 90.1 Å². The summed E-state index contributed by atoms with van der Waals surface area (Å²) in [7, 11) is 0. The molecule has 0 saturated heterocycles. The summed E-state index contributed by atoms with van der Waals surface area (Å²) in [6.45, 7) is 0.422. The third-order valence-electron chi connectivity index (χ3n) is 4.21. The van der Waals surface area contributed by atoms with Crippen molar-refractivity contribution in [3.05, 3.63) is 96.1 Å². The highest BCUT2D eigenvalue weighted by atomic mass is 16.5. The van der Waals surface area contributed by atoms with Crippen molar-refractivity contribution in [1.82, 2.24) is 20.4 Å². The van der Waals surface area contributed by atoms with Crippen LogP contribution in [0, 0.1) is 0 Å². The predicted molar refractivity (Wildman–Crippen MR) is 106 cm³/mol. The highest BCUT2D eigenvalue weighted by Gasteiger charge is 2.14. The molecule has 0 radical (unpaired) electrons. The van der Waals surface area contributed by atoms with Gasteiger partial charge in [-0.25, -0.2) is 0 Å². The lowest BCUT2D eigenvalue weighted by atomic mass is 10.1. The van der Waals surface area contributed by atoms with Crippen LogP contribution in [0.2, 0.25) is 0 Å². The van der Waals surface area contributed by atoms with E-state index in [1.54, 1.807) is 30.6 Å². The van der Waals surface area contributed by atoms with Crippen molar-refractivity contribution in [2.24, 2.45) is 0 Å². The molecule has 1 amide bonds. The molecule has 7 heteroatoms. The van der Waals surface area contributed by atoms with E-state index in [-0.39, 0.29) is 12.5 Å². The van der Waals surface area contributed by atoms with Gasteiger partial charge in [-0.3, -0.25) is 9.78 Å². The SMILES string of the molecule is O=C(NCc1nc(-c2ccncc2)no1)c1ccccc1COc1ccccc1. The van der Waals surface area contributed by atoms with Gasteiger partial charge in [-0.15, -0.1) is 0 Å². The lowest BCUT2D eigenvalue weighted by molar-refractivity contribution is 0.0943. The molecule has 0 unspecified atom stereocenters. The van der Waals surface area contributed by atoms with Crippen molar-refractivity contribution in [2.75, 3.05) is 0 Å². The summed E-state index contributed by atoms with van der Waals surface area (Å²) < 4.78 is 11.0. The van der Waals surface area contributed by atoms with Gasteiger partial charge in [0.2, 0.25) is 11.7 Å². The summed E-state index contributed by atoms with van der Waals surface area (Å²) in [5, 5.41) is 6.75. The fraction of sp³-hybridized carbons (Fsp3) is 0.0909. The molecular weight excluding hydrogens is 368 g/mol. The zero-order chi connectivity index (χ0) is 19.9. The summed E-state index contributed by atoms with van der Waals surface area (Å²) in [4.78, 5) is 20.9. The number of nitrogens with zero attached hydrogens (tertiary/aromatic N) is 3. The average molecular weight is 386 g/mol. The van der Waals surface area contributed by atoms with E-state index in [0.29, 0.717) is 23.9 Å². The Kier molecular flexibility index (Phi) is 5.57. The zero-order valence-corrected chi connectivity index (χ0v) is 15.5. The molecule has 2 heterocycles. The fourth-order valence-electron chi connectivity index (χ4n) is 2.74. The number of pyridine rings is 1. The number of carbonyl (C=O) groups is 1. The maximum atomic E-state index is 12.7. The van der Waals surface area contributed by atoms with Crippen LogP contribution in [0.4, 0.5) is 0 Å². The molecule has 0 atom stereocenters. The Morgan fingerprint density at radius 1 is 0.966 bits per heavy atom. The second-order valence-electron chi connectivity index (χ2n) is 6.19. The largest absolute Gasteiger partial charge is 0.489 e. The molecule has 2 aromatic carbocycles. The minimum atomic E-state index is -0.235. The molecule has 7 nitrogen and oxygen atoms in total. The van der Waals surface area contributed by atoms with E-state index in [1.807, 2.05) is 48.5 Å². The van der Waals surface area contributed by atoms with E-state index in [1.165, 1.54) is 0 Å². The Bertz CT molecular complexity index is 1080. The van der Waals surface area contributed by atoms with Crippen molar-refractivity contribution in [3.63, 3.8) is 0 Å². The molecular formula is C22H18N4O3. The molecule has 0 bridgehead atoms. The molecule has 0 aliphatic carbocycles. The number of hydrogen-bond donors (Lipinski definition) is 1. The second-order valence-corrected chi connectivity index (χ2v) is 6.19. The van der Waals surface area contributed by atoms with E-state index in [9.17, 15) is 4.79 Å². The number of benzene rings is 2. The monoisotopic (exact) mass is 386 g/mol. The first-order valence-corrected chi connectivity index (χ1v) is 9.06. The summed E-state index contributed by atoms with van der Waals surface area (Å²) in [5.41, 5.74) is 2.12. The number of hydrogen-bond acceptors (Lipinski definition) is 6. The number of rotatable bonds is 7. The molecule has 29 heavy (non-hydrogen) atoms. The number of amides is 1. The minimum Gasteiger partial charge on any atom is -0.489 e. The van der Waals surface area contributed by atoms with Gasteiger partial charge in [0, 0.05) is 29.1 Å². The van der Waals surface area contributed by atoms with Crippen molar-refractivity contribution >= 4 is 5.91 Å². The number of para-hydroxylation sites is 1. The highest BCUT2D eigenvalue weighted by Crippen LogP contribution is 2.16. The van der Waals surface area contributed by atoms with Crippen LogP contribution in [-0.4, -0.2) is 21.0 Å². The number of ether oxygens (including phenoxy) is 1. The molecule has 0 aliphatic rings. The highest BCUT2D eigenvalue weighted by molar-refractivity contribution is 5.95. The smallest absolute Gasteiger partial charge is 0.252 e. The third-order valence-corrected chi connectivity index (χ3v) is 4.21. The first-order chi connectivity index (χ1) is 14.3. The van der Waals surface area contributed by atoms with Crippen LogP contribution in [-0.2, 0) is 13.2 Å². The van der Waals surface area contributed by atoms with Crippen molar-refractivity contribution in [2.45, 2.75) is 13.2 Å². The Morgan fingerprint density at radius 2 is 1.72 bits per heavy atom. The minimum absolute atomic E-state index is 0.130. The predicted octanol–water partition coefficient (Wildman–Crippen LogP) is 3.64. The quantitative estimate of drug-likeness (QED) is 0.521. The Labute approximate surface area is 167 Å². The van der Waals surface area contributed by atoms with Crippen LogP contribution >= 0.6 is 0 Å². The normalized spacial score (nSPS) is 10.5. The second kappa shape index (κ2) is 8.79. The fourth-order valence-corrected chi connectivity index (χ4v) is 2.74. The Morgan fingerprint density at radius 3 is 2.55 bits per heavy atom. The van der Waals surface area contributed by atoms with Gasteiger partial charge >= 0.3 is 0 Å². The molecule has 4 rings (SSSR count). The van der Waals surface area contributed by atoms with Crippen LogP contribution < -0.4 is 10.1 Å². The molecule has 144 valence electrons. The molecule has 0 fully saturated rings. The van der Waals surface area contributed by atoms with Crippen molar-refractivity contribution < 1.29 is 14.1 Å². The zero-order valence-electron chi connectivity index (χ0n) is 15.5. The average Bonchev–Trinajstić information content (AvgIpc) is 3.27. The van der Waals surface area contributed by atoms with Gasteiger partial charge < -0.3 is 14.6 Å². The summed E-state index contributed by atoms with van der Waals surface area (Å²) in [6, 6.07) is 20.4. The molecule has 0 saturated carbocycles. The molecule has 0 aliphatic heterocycles. The van der Waals surface area contributed by atoms with Gasteiger partial charge in [0.15, 0.2) is 0 Å². The number of nitrogens with one attached hydrogen (secondary N) is 1. The molecule has 2 aromatic heterocycles. The maximum absolute atomic E-state index is 12.7. The number of carbonyl (C=O) groups excluding carboxylic acids is 1. The van der Waals surface area contributed by atoms with Crippen LogP contribution in [0.1, 0.15) is 21.8 Å². The van der Waals surface area contributed by atoms with Crippen molar-refractivity contribution in [1.29, 1.82) is 0 Å². The van der Waals surface area contributed by atoms with Gasteiger partial charge in [0.05, 0.1) is 6.54 Å². The van der Waals surface area contributed by atoms with Crippen LogP contribution in [0.5, 0.6) is 5.75 Å². The van der Waals surface area contributed by atoms with E-state index < -0.39 is 0 Å². The standard InChI is InChI=1S/C22H18N4O3/c27-22(24-14-20-25-21(26-29-20)16-10-12-23-13-11-16)19-9-5-4-6-17(19)15-28-18-7-2-1-3-8-18/h1-13H,14-15H2,(H,24,27). The van der Waals surface area contributed by atoms with Gasteiger partial charge in [-0.1, -0.05) is 41.6 Å². The van der Waals surface area contributed by atoms with Crippen molar-refractivity contribution in [3.8, 4) is 17.1 Å². The Hall–Kier alpha value is -4.00. The lowest BCUT2D eigenvalue weighted by Crippen LogP contribution is -2.24. The number of aromatic nitrogens is 3. The Balaban J connectivity index is 1.39. The first-order valence-electron chi connectivity index (χ1n) is 9.06. The summed E-state index contributed by atoms with van der Waals surface area (Å²) >= 11 is 0. The first kappa shape index (κ1) is 18.4.